The fourth-order valence-corrected chi connectivity index (χ4v) is 2.74. The lowest BCUT2D eigenvalue weighted by molar-refractivity contribution is 0.547. The number of rotatable bonds is 5. The summed E-state index contributed by atoms with van der Waals surface area (Å²) in [5.41, 5.74) is 3.83. The Bertz CT molecular complexity index is 581. The van der Waals surface area contributed by atoms with E-state index in [4.69, 9.17) is 23.2 Å². The van der Waals surface area contributed by atoms with Crippen molar-refractivity contribution in [3.8, 4) is 0 Å². The average Bonchev–Trinajstić information content (AvgIpc) is 2.43. The zero-order chi connectivity index (χ0) is 14.5. The zero-order valence-corrected chi connectivity index (χ0v) is 13.3. The molecule has 1 atom stereocenters. The number of aryl methyl sites for hydroxylation is 1. The van der Waals surface area contributed by atoms with Crippen molar-refractivity contribution in [3.05, 3.63) is 69.2 Å². The minimum atomic E-state index is 0.290. The van der Waals surface area contributed by atoms with E-state index in [2.05, 4.69) is 43.4 Å². The van der Waals surface area contributed by atoms with Gasteiger partial charge in [-0.15, -0.1) is 0 Å². The van der Waals surface area contributed by atoms with Crippen molar-refractivity contribution >= 4 is 23.2 Å². The number of likely N-dealkylation sites (N-methyl/N-ethyl adjacent to an activating group) is 1. The van der Waals surface area contributed by atoms with Gasteiger partial charge < -0.3 is 5.32 Å². The van der Waals surface area contributed by atoms with E-state index in [1.54, 1.807) is 0 Å². The minimum Gasteiger partial charge on any atom is -0.310 e. The molecule has 20 heavy (non-hydrogen) atoms. The molecule has 0 aromatic heterocycles. The molecule has 0 saturated carbocycles. The molecule has 0 aliphatic carbocycles. The Balaban J connectivity index is 2.25. The smallest absolute Gasteiger partial charge is 0.0595 e. The Morgan fingerprint density at radius 1 is 1.05 bits per heavy atom. The Labute approximate surface area is 130 Å². The van der Waals surface area contributed by atoms with Gasteiger partial charge in [0, 0.05) is 6.04 Å². The molecule has 0 heterocycles. The van der Waals surface area contributed by atoms with E-state index in [9.17, 15) is 0 Å². The predicted molar refractivity (Wildman–Crippen MR) is 87.8 cm³/mol. The highest BCUT2D eigenvalue weighted by atomic mass is 35.5. The summed E-state index contributed by atoms with van der Waals surface area (Å²) in [5, 5.41) is 4.76. The molecule has 0 fully saturated rings. The summed E-state index contributed by atoms with van der Waals surface area (Å²) in [6.07, 6.45) is 0.898. The van der Waals surface area contributed by atoms with Gasteiger partial charge in [0.25, 0.3) is 0 Å². The molecule has 3 heteroatoms. The highest BCUT2D eigenvalue weighted by molar-refractivity contribution is 6.42. The summed E-state index contributed by atoms with van der Waals surface area (Å²) in [7, 11) is 0. The molecule has 0 aliphatic heterocycles. The Morgan fingerprint density at radius 2 is 1.80 bits per heavy atom. The van der Waals surface area contributed by atoms with E-state index < -0.39 is 0 Å². The van der Waals surface area contributed by atoms with Gasteiger partial charge in [-0.1, -0.05) is 60.5 Å². The van der Waals surface area contributed by atoms with Crippen LogP contribution in [0.4, 0.5) is 0 Å². The summed E-state index contributed by atoms with van der Waals surface area (Å²) in [6.45, 7) is 5.20. The predicted octanol–water partition coefficient (Wildman–Crippen LogP) is 5.20. The molecule has 0 radical (unpaired) electrons. The largest absolute Gasteiger partial charge is 0.310 e. The molecular formula is C17H19Cl2N. The summed E-state index contributed by atoms with van der Waals surface area (Å²) >= 11 is 12.1. The van der Waals surface area contributed by atoms with Crippen LogP contribution in [0.3, 0.4) is 0 Å². The van der Waals surface area contributed by atoms with Crippen molar-refractivity contribution in [1.82, 2.24) is 5.32 Å². The molecule has 2 aromatic carbocycles. The van der Waals surface area contributed by atoms with Crippen LogP contribution < -0.4 is 5.32 Å². The van der Waals surface area contributed by atoms with Gasteiger partial charge in [-0.3, -0.25) is 0 Å². The van der Waals surface area contributed by atoms with Crippen molar-refractivity contribution in [2.45, 2.75) is 26.3 Å². The van der Waals surface area contributed by atoms with E-state index in [-0.39, 0.29) is 0 Å². The third-order valence-electron chi connectivity index (χ3n) is 3.44. The van der Waals surface area contributed by atoms with Gasteiger partial charge in [-0.25, -0.2) is 0 Å². The number of halogens is 2. The van der Waals surface area contributed by atoms with Crippen LogP contribution in [-0.4, -0.2) is 6.54 Å². The lowest BCUT2D eigenvalue weighted by Crippen LogP contribution is -2.23. The molecule has 2 rings (SSSR count). The van der Waals surface area contributed by atoms with Crippen molar-refractivity contribution in [1.29, 1.82) is 0 Å². The molecule has 2 aromatic rings. The van der Waals surface area contributed by atoms with Crippen LogP contribution in [0.5, 0.6) is 0 Å². The third kappa shape index (κ3) is 3.76. The number of nitrogens with one attached hydrogen (secondary N) is 1. The van der Waals surface area contributed by atoms with Gasteiger partial charge in [0.2, 0.25) is 0 Å². The SMILES string of the molecule is CCNC(Cc1ccc(Cl)c(Cl)c1)c1ccccc1C. The van der Waals surface area contributed by atoms with Crippen molar-refractivity contribution in [2.24, 2.45) is 0 Å². The Hall–Kier alpha value is -1.02. The molecule has 0 saturated heterocycles. The van der Waals surface area contributed by atoms with E-state index in [0.717, 1.165) is 13.0 Å². The highest BCUT2D eigenvalue weighted by Gasteiger charge is 2.13. The maximum Gasteiger partial charge on any atom is 0.0595 e. The van der Waals surface area contributed by atoms with Crippen LogP contribution >= 0.6 is 23.2 Å². The van der Waals surface area contributed by atoms with E-state index >= 15 is 0 Å². The number of hydrogen-bond donors (Lipinski definition) is 1. The molecule has 1 unspecified atom stereocenters. The van der Waals surface area contributed by atoms with Crippen LogP contribution in [-0.2, 0) is 6.42 Å². The van der Waals surface area contributed by atoms with Crippen LogP contribution in [0.2, 0.25) is 10.0 Å². The summed E-state index contributed by atoms with van der Waals surface area (Å²) < 4.78 is 0. The Morgan fingerprint density at radius 3 is 2.45 bits per heavy atom. The topological polar surface area (TPSA) is 12.0 Å². The van der Waals surface area contributed by atoms with Gasteiger partial charge in [0.1, 0.15) is 0 Å². The fourth-order valence-electron chi connectivity index (χ4n) is 2.42. The van der Waals surface area contributed by atoms with Crippen LogP contribution in [0.25, 0.3) is 0 Å². The zero-order valence-electron chi connectivity index (χ0n) is 11.8. The van der Waals surface area contributed by atoms with E-state index in [1.165, 1.54) is 16.7 Å². The van der Waals surface area contributed by atoms with Crippen LogP contribution in [0, 0.1) is 6.92 Å². The summed E-state index contributed by atoms with van der Waals surface area (Å²) in [5.74, 6) is 0. The first-order valence-electron chi connectivity index (χ1n) is 6.84. The molecule has 1 nitrogen and oxygen atoms in total. The number of benzene rings is 2. The van der Waals surface area contributed by atoms with Crippen molar-refractivity contribution < 1.29 is 0 Å². The fraction of sp³-hybridized carbons (Fsp3) is 0.294. The summed E-state index contributed by atoms with van der Waals surface area (Å²) in [6, 6.07) is 14.6. The lowest BCUT2D eigenvalue weighted by atomic mass is 9.95. The molecular weight excluding hydrogens is 289 g/mol. The van der Waals surface area contributed by atoms with Gasteiger partial charge >= 0.3 is 0 Å². The second-order valence-electron chi connectivity index (χ2n) is 4.92. The molecule has 0 aliphatic rings. The third-order valence-corrected chi connectivity index (χ3v) is 4.18. The van der Waals surface area contributed by atoms with Gasteiger partial charge in [0.05, 0.1) is 10.0 Å². The second kappa shape index (κ2) is 7.12. The Kier molecular flexibility index (Phi) is 5.47. The molecule has 0 amide bonds. The number of hydrogen-bond acceptors (Lipinski definition) is 1. The van der Waals surface area contributed by atoms with Crippen LogP contribution in [0.1, 0.15) is 29.7 Å². The van der Waals surface area contributed by atoms with Gasteiger partial charge in [0.15, 0.2) is 0 Å². The lowest BCUT2D eigenvalue weighted by Gasteiger charge is -2.20. The minimum absolute atomic E-state index is 0.290. The maximum absolute atomic E-state index is 6.10. The molecule has 106 valence electrons. The van der Waals surface area contributed by atoms with Gasteiger partial charge in [-0.05, 0) is 48.7 Å². The quantitative estimate of drug-likeness (QED) is 0.801. The van der Waals surface area contributed by atoms with Crippen molar-refractivity contribution in [3.63, 3.8) is 0 Å². The first-order valence-corrected chi connectivity index (χ1v) is 7.60. The summed E-state index contributed by atoms with van der Waals surface area (Å²) in [4.78, 5) is 0. The van der Waals surface area contributed by atoms with Crippen LogP contribution in [0.15, 0.2) is 42.5 Å². The first-order chi connectivity index (χ1) is 9.61. The standard InChI is InChI=1S/C17H19Cl2N/c1-3-20-17(14-7-5-4-6-12(14)2)11-13-8-9-15(18)16(19)10-13/h4-10,17,20H,3,11H2,1-2H3. The first kappa shape index (κ1) is 15.4. The highest BCUT2D eigenvalue weighted by Crippen LogP contribution is 2.26. The molecule has 1 N–H and O–H groups in total. The average molecular weight is 308 g/mol. The van der Waals surface area contributed by atoms with E-state index in [1.807, 2.05) is 18.2 Å². The molecule has 0 bridgehead atoms. The maximum atomic E-state index is 6.10. The van der Waals surface area contributed by atoms with E-state index in [0.29, 0.717) is 16.1 Å². The van der Waals surface area contributed by atoms with Crippen molar-refractivity contribution in [2.75, 3.05) is 6.54 Å². The monoisotopic (exact) mass is 307 g/mol. The van der Waals surface area contributed by atoms with Gasteiger partial charge in [-0.2, -0.15) is 0 Å². The second-order valence-corrected chi connectivity index (χ2v) is 5.73. The molecule has 0 spiro atoms. The normalized spacial score (nSPS) is 12.4.